The Balaban J connectivity index is 1.99. The molecule has 1 aromatic carbocycles. The highest BCUT2D eigenvalue weighted by Crippen LogP contribution is 2.33. The van der Waals surface area contributed by atoms with Crippen LogP contribution in [0.5, 0.6) is 0 Å². The third kappa shape index (κ3) is 4.15. The average molecular weight is 285 g/mol. The van der Waals surface area contributed by atoms with E-state index in [9.17, 15) is 13.2 Å². The lowest BCUT2D eigenvalue weighted by Crippen LogP contribution is -2.15. The molecule has 20 heavy (non-hydrogen) atoms. The highest BCUT2D eigenvalue weighted by Gasteiger charge is 2.32. The molecule has 0 amide bonds. The summed E-state index contributed by atoms with van der Waals surface area (Å²) in [7, 11) is 0. The molecule has 1 fully saturated rings. The van der Waals surface area contributed by atoms with Crippen LogP contribution in [-0.4, -0.2) is 6.54 Å². The summed E-state index contributed by atoms with van der Waals surface area (Å²) in [4.78, 5) is 0. The van der Waals surface area contributed by atoms with Gasteiger partial charge >= 0.3 is 6.18 Å². The molecule has 4 heteroatoms. The highest BCUT2D eigenvalue weighted by molar-refractivity contribution is 5.49. The molecule has 0 radical (unpaired) electrons. The predicted octanol–water partition coefficient (Wildman–Crippen LogP) is 5.40. The van der Waals surface area contributed by atoms with E-state index in [1.54, 1.807) is 6.07 Å². The van der Waals surface area contributed by atoms with Crippen molar-refractivity contribution >= 4 is 5.69 Å². The Labute approximate surface area is 118 Å². The van der Waals surface area contributed by atoms with Crippen LogP contribution in [0.1, 0.15) is 49.7 Å². The molecule has 0 bridgehead atoms. The summed E-state index contributed by atoms with van der Waals surface area (Å²) in [5.41, 5.74) is 0.313. The molecule has 0 aromatic heterocycles. The third-order valence-electron chi connectivity index (χ3n) is 4.11. The first kappa shape index (κ1) is 15.2. The second kappa shape index (κ2) is 6.51. The molecular formula is C16H22F3N. The fourth-order valence-electron chi connectivity index (χ4n) is 2.87. The van der Waals surface area contributed by atoms with Crippen LogP contribution in [0.4, 0.5) is 18.9 Å². The highest BCUT2D eigenvalue weighted by atomic mass is 19.4. The minimum atomic E-state index is -4.27. The Morgan fingerprint density at radius 3 is 2.35 bits per heavy atom. The molecule has 1 saturated carbocycles. The smallest absolute Gasteiger partial charge is 0.385 e. The van der Waals surface area contributed by atoms with Gasteiger partial charge in [-0.25, -0.2) is 0 Å². The Bertz CT molecular complexity index is 432. The number of benzene rings is 1. The molecule has 0 aliphatic heterocycles. The normalized spacial score (nSPS) is 17.8. The fraction of sp³-hybridized carbons (Fsp3) is 0.625. The molecule has 1 aliphatic rings. The second-order valence-electron chi connectivity index (χ2n) is 5.77. The average Bonchev–Trinajstić information content (AvgIpc) is 2.65. The quantitative estimate of drug-likeness (QED) is 0.733. The zero-order valence-electron chi connectivity index (χ0n) is 11.9. The number of halogens is 3. The van der Waals surface area contributed by atoms with Crippen molar-refractivity contribution in [2.24, 2.45) is 5.92 Å². The molecule has 0 atom stereocenters. The van der Waals surface area contributed by atoms with Crippen molar-refractivity contribution < 1.29 is 13.2 Å². The summed E-state index contributed by atoms with van der Waals surface area (Å²) in [6.45, 7) is 2.28. The molecule has 1 aromatic rings. The van der Waals surface area contributed by atoms with Gasteiger partial charge in [-0.05, 0) is 43.4 Å². The van der Waals surface area contributed by atoms with Crippen LogP contribution in [0.3, 0.4) is 0 Å². The second-order valence-corrected chi connectivity index (χ2v) is 5.77. The van der Waals surface area contributed by atoms with Crippen LogP contribution in [0.25, 0.3) is 0 Å². The van der Waals surface area contributed by atoms with Crippen LogP contribution in [0.2, 0.25) is 0 Å². The first-order valence-electron chi connectivity index (χ1n) is 7.38. The molecule has 0 spiro atoms. The van der Waals surface area contributed by atoms with Crippen LogP contribution in [0.15, 0.2) is 18.2 Å². The Hall–Kier alpha value is -1.19. The van der Waals surface area contributed by atoms with E-state index in [0.717, 1.165) is 6.54 Å². The van der Waals surface area contributed by atoms with Crippen LogP contribution in [-0.2, 0) is 6.18 Å². The summed E-state index contributed by atoms with van der Waals surface area (Å²) >= 11 is 0. The largest absolute Gasteiger partial charge is 0.416 e. The maximum Gasteiger partial charge on any atom is 0.416 e. The number of hydrogen-bond acceptors (Lipinski definition) is 1. The topological polar surface area (TPSA) is 12.0 Å². The zero-order valence-corrected chi connectivity index (χ0v) is 11.9. The molecule has 2 rings (SSSR count). The monoisotopic (exact) mass is 285 g/mol. The maximum absolute atomic E-state index is 12.8. The van der Waals surface area contributed by atoms with Gasteiger partial charge in [-0.15, -0.1) is 0 Å². The summed E-state index contributed by atoms with van der Waals surface area (Å²) in [5.74, 6) is 0.591. The predicted molar refractivity (Wildman–Crippen MR) is 75.9 cm³/mol. The summed E-state index contributed by atoms with van der Waals surface area (Å²) in [6, 6.07) is 4.51. The number of aryl methyl sites for hydroxylation is 1. The van der Waals surface area contributed by atoms with E-state index in [-0.39, 0.29) is 5.56 Å². The third-order valence-corrected chi connectivity index (χ3v) is 4.11. The van der Waals surface area contributed by atoms with Crippen molar-refractivity contribution in [1.82, 2.24) is 0 Å². The van der Waals surface area contributed by atoms with Gasteiger partial charge in [0, 0.05) is 12.2 Å². The first-order valence-corrected chi connectivity index (χ1v) is 7.38. The van der Waals surface area contributed by atoms with Crippen LogP contribution < -0.4 is 5.32 Å². The van der Waals surface area contributed by atoms with E-state index >= 15 is 0 Å². The minimum Gasteiger partial charge on any atom is -0.385 e. The van der Waals surface area contributed by atoms with Crippen LogP contribution in [0, 0.1) is 12.8 Å². The first-order chi connectivity index (χ1) is 9.47. The summed E-state index contributed by atoms with van der Waals surface area (Å²) in [6.07, 6.45) is 3.17. The molecule has 0 unspecified atom stereocenters. The van der Waals surface area contributed by atoms with Gasteiger partial charge in [0.15, 0.2) is 0 Å². The van der Waals surface area contributed by atoms with Crippen LogP contribution >= 0.6 is 0 Å². The molecule has 1 aliphatic carbocycles. The zero-order chi connectivity index (χ0) is 14.6. The van der Waals surface area contributed by atoms with Crippen molar-refractivity contribution in [3.8, 4) is 0 Å². The van der Waals surface area contributed by atoms with E-state index < -0.39 is 11.7 Å². The van der Waals surface area contributed by atoms with Crippen molar-refractivity contribution in [3.05, 3.63) is 29.3 Å². The lowest BCUT2D eigenvalue weighted by molar-refractivity contribution is -0.138. The van der Waals surface area contributed by atoms with Crippen molar-refractivity contribution in [3.63, 3.8) is 0 Å². The molecule has 0 saturated heterocycles. The fourth-order valence-corrected chi connectivity index (χ4v) is 2.87. The van der Waals surface area contributed by atoms with Gasteiger partial charge in [-0.2, -0.15) is 13.2 Å². The van der Waals surface area contributed by atoms with Gasteiger partial charge < -0.3 is 5.32 Å². The van der Waals surface area contributed by atoms with Crippen molar-refractivity contribution in [1.29, 1.82) is 0 Å². The Morgan fingerprint density at radius 1 is 1.10 bits per heavy atom. The van der Waals surface area contributed by atoms with Gasteiger partial charge in [0.25, 0.3) is 0 Å². The van der Waals surface area contributed by atoms with E-state index in [0.29, 0.717) is 11.6 Å². The standard InChI is InChI=1S/C16H22F3N/c1-12-8-9-14(10-15(12)16(17,18)19)20-11-13-6-4-2-3-5-7-13/h8-10,13,20H,2-7,11H2,1H3. The molecule has 0 heterocycles. The number of hydrogen-bond donors (Lipinski definition) is 1. The summed E-state index contributed by atoms with van der Waals surface area (Å²) in [5, 5.41) is 3.18. The van der Waals surface area contributed by atoms with Crippen molar-refractivity contribution in [2.45, 2.75) is 51.6 Å². The Morgan fingerprint density at radius 2 is 1.75 bits per heavy atom. The number of anilines is 1. The van der Waals surface area contributed by atoms with Gasteiger partial charge in [0.1, 0.15) is 0 Å². The lowest BCUT2D eigenvalue weighted by Gasteiger charge is -2.17. The number of rotatable bonds is 3. The van der Waals surface area contributed by atoms with Gasteiger partial charge in [0.2, 0.25) is 0 Å². The van der Waals surface area contributed by atoms with E-state index in [1.165, 1.54) is 57.6 Å². The van der Waals surface area contributed by atoms with Gasteiger partial charge in [0.05, 0.1) is 5.56 Å². The number of alkyl halides is 3. The maximum atomic E-state index is 12.8. The van der Waals surface area contributed by atoms with E-state index in [4.69, 9.17) is 0 Å². The van der Waals surface area contributed by atoms with E-state index in [1.807, 2.05) is 0 Å². The number of nitrogens with one attached hydrogen (secondary N) is 1. The lowest BCUT2D eigenvalue weighted by atomic mass is 10.00. The summed E-state index contributed by atoms with van der Waals surface area (Å²) < 4.78 is 38.5. The molecule has 1 nitrogen and oxygen atoms in total. The SMILES string of the molecule is Cc1ccc(NCC2CCCCCC2)cc1C(F)(F)F. The van der Waals surface area contributed by atoms with Crippen molar-refractivity contribution in [2.75, 3.05) is 11.9 Å². The molecule has 1 N–H and O–H groups in total. The molecular weight excluding hydrogens is 263 g/mol. The van der Waals surface area contributed by atoms with Gasteiger partial charge in [-0.1, -0.05) is 31.7 Å². The van der Waals surface area contributed by atoms with E-state index in [2.05, 4.69) is 5.32 Å². The minimum absolute atomic E-state index is 0.275. The Kier molecular flexibility index (Phi) is 4.95. The van der Waals surface area contributed by atoms with Gasteiger partial charge in [-0.3, -0.25) is 0 Å². The molecule has 112 valence electrons.